The van der Waals surface area contributed by atoms with E-state index in [0.29, 0.717) is 5.57 Å². The third-order valence-electron chi connectivity index (χ3n) is 1.58. The van der Waals surface area contributed by atoms with Gasteiger partial charge in [-0.15, -0.1) is 0 Å². The molecule has 1 aliphatic rings. The van der Waals surface area contributed by atoms with E-state index in [2.05, 4.69) is 4.74 Å². The van der Waals surface area contributed by atoms with Crippen LogP contribution in [0.1, 0.15) is 0 Å². The first kappa shape index (κ1) is 10.1. The van der Waals surface area contributed by atoms with Crippen molar-refractivity contribution in [2.45, 2.75) is 0 Å². The molecular weight excluding hydrogens is 184 g/mol. The molecule has 1 aliphatic carbocycles. The maximum absolute atomic E-state index is 10.9. The second-order valence-corrected chi connectivity index (χ2v) is 2.56. The Bertz CT molecular complexity index is 372. The van der Waals surface area contributed by atoms with Crippen LogP contribution in [-0.4, -0.2) is 24.6 Å². The molecule has 72 valence electrons. The van der Waals surface area contributed by atoms with E-state index in [1.807, 2.05) is 0 Å². The monoisotopic (exact) mass is 192 g/mol. The third-order valence-corrected chi connectivity index (χ3v) is 1.58. The fourth-order valence-corrected chi connectivity index (χ4v) is 0.861. The molecule has 0 spiro atoms. The highest BCUT2D eigenvalue weighted by molar-refractivity contribution is 6.46. The third kappa shape index (κ3) is 2.52. The number of methoxy groups -OCH3 is 1. The highest BCUT2D eigenvalue weighted by Crippen LogP contribution is 2.06. The summed E-state index contributed by atoms with van der Waals surface area (Å²) in [5, 5.41) is 0. The fourth-order valence-electron chi connectivity index (χ4n) is 0.861. The SMILES string of the molecule is COC(=O)C=CC1=CC(=O)C(=O)C=C1. The normalized spacial score (nSPS) is 15.9. The van der Waals surface area contributed by atoms with Crippen molar-refractivity contribution in [2.75, 3.05) is 7.11 Å². The van der Waals surface area contributed by atoms with Crippen LogP contribution in [0.3, 0.4) is 0 Å². The van der Waals surface area contributed by atoms with Crippen molar-refractivity contribution in [3.63, 3.8) is 0 Å². The van der Waals surface area contributed by atoms with Crippen molar-refractivity contribution in [3.05, 3.63) is 36.0 Å². The van der Waals surface area contributed by atoms with Crippen LogP contribution in [-0.2, 0) is 19.1 Å². The topological polar surface area (TPSA) is 60.4 Å². The lowest BCUT2D eigenvalue weighted by molar-refractivity contribution is -0.134. The number of esters is 1. The largest absolute Gasteiger partial charge is 0.466 e. The molecule has 0 fully saturated rings. The van der Waals surface area contributed by atoms with Crippen molar-refractivity contribution in [2.24, 2.45) is 0 Å². The standard InChI is InChI=1S/C10H8O4/c1-14-10(13)5-3-7-2-4-8(11)9(12)6-7/h2-6H,1H3. The minimum atomic E-state index is -0.586. The molecule has 0 bridgehead atoms. The number of hydrogen-bond donors (Lipinski definition) is 0. The molecular formula is C10H8O4. The summed E-state index contributed by atoms with van der Waals surface area (Å²) in [4.78, 5) is 32.3. The molecule has 0 N–H and O–H groups in total. The lowest BCUT2D eigenvalue weighted by atomic mass is 10.1. The van der Waals surface area contributed by atoms with E-state index in [1.165, 1.54) is 37.5 Å². The van der Waals surface area contributed by atoms with Crippen LogP contribution in [0.2, 0.25) is 0 Å². The van der Waals surface area contributed by atoms with Crippen LogP contribution < -0.4 is 0 Å². The van der Waals surface area contributed by atoms with Crippen molar-refractivity contribution < 1.29 is 19.1 Å². The van der Waals surface area contributed by atoms with Gasteiger partial charge in [-0.3, -0.25) is 9.59 Å². The smallest absolute Gasteiger partial charge is 0.330 e. The van der Waals surface area contributed by atoms with Crippen LogP contribution in [0.5, 0.6) is 0 Å². The van der Waals surface area contributed by atoms with Gasteiger partial charge in [-0.1, -0.05) is 6.08 Å². The molecule has 0 atom stereocenters. The molecule has 0 unspecified atom stereocenters. The molecule has 0 aliphatic heterocycles. The van der Waals surface area contributed by atoms with E-state index in [-0.39, 0.29) is 0 Å². The Morgan fingerprint density at radius 3 is 2.57 bits per heavy atom. The molecule has 4 heteroatoms. The summed E-state index contributed by atoms with van der Waals surface area (Å²) in [6.07, 6.45) is 6.39. The quantitative estimate of drug-likeness (QED) is 0.274. The van der Waals surface area contributed by atoms with Gasteiger partial charge in [0.1, 0.15) is 0 Å². The number of allylic oxidation sites excluding steroid dienone is 5. The van der Waals surface area contributed by atoms with E-state index < -0.39 is 17.5 Å². The molecule has 4 nitrogen and oxygen atoms in total. The van der Waals surface area contributed by atoms with E-state index in [1.54, 1.807) is 0 Å². The molecule has 1 rings (SSSR count). The maximum atomic E-state index is 10.9. The Balaban J connectivity index is 2.73. The summed E-state index contributed by atoms with van der Waals surface area (Å²) in [5.74, 6) is -1.65. The summed E-state index contributed by atoms with van der Waals surface area (Å²) in [5.41, 5.74) is 0.500. The average molecular weight is 192 g/mol. The molecule has 0 amide bonds. The van der Waals surface area contributed by atoms with Gasteiger partial charge in [0.15, 0.2) is 0 Å². The summed E-state index contributed by atoms with van der Waals surface area (Å²) >= 11 is 0. The minimum absolute atomic E-state index is 0.500. The lowest BCUT2D eigenvalue weighted by Crippen LogP contribution is -2.11. The van der Waals surface area contributed by atoms with Gasteiger partial charge in [-0.25, -0.2) is 4.79 Å². The zero-order chi connectivity index (χ0) is 10.6. The molecule has 0 aromatic carbocycles. The summed E-state index contributed by atoms with van der Waals surface area (Å²) < 4.78 is 4.36. The Kier molecular flexibility index (Phi) is 3.12. The van der Waals surface area contributed by atoms with Crippen molar-refractivity contribution in [3.8, 4) is 0 Å². The van der Waals surface area contributed by atoms with Gasteiger partial charge in [-0.2, -0.15) is 0 Å². The fraction of sp³-hybridized carbons (Fsp3) is 0.100. The van der Waals surface area contributed by atoms with Gasteiger partial charge in [0.2, 0.25) is 11.6 Å². The van der Waals surface area contributed by atoms with Crippen molar-refractivity contribution >= 4 is 17.5 Å². The molecule has 0 radical (unpaired) electrons. The number of carbonyl (C=O) groups excluding carboxylic acids is 3. The molecule has 14 heavy (non-hydrogen) atoms. The van der Waals surface area contributed by atoms with Crippen molar-refractivity contribution in [1.29, 1.82) is 0 Å². The van der Waals surface area contributed by atoms with Crippen LogP contribution in [0.15, 0.2) is 36.0 Å². The zero-order valence-corrected chi connectivity index (χ0v) is 7.52. The van der Waals surface area contributed by atoms with E-state index in [9.17, 15) is 14.4 Å². The Morgan fingerprint density at radius 2 is 2.00 bits per heavy atom. The molecule has 0 heterocycles. The van der Waals surface area contributed by atoms with E-state index in [0.717, 1.165) is 0 Å². The van der Waals surface area contributed by atoms with Crippen molar-refractivity contribution in [1.82, 2.24) is 0 Å². The van der Waals surface area contributed by atoms with Gasteiger partial charge in [0.05, 0.1) is 7.11 Å². The molecule has 0 aromatic heterocycles. The lowest BCUT2D eigenvalue weighted by Gasteiger charge is -1.98. The maximum Gasteiger partial charge on any atom is 0.330 e. The first-order valence-electron chi connectivity index (χ1n) is 3.87. The summed E-state index contributed by atoms with van der Waals surface area (Å²) in [7, 11) is 1.26. The van der Waals surface area contributed by atoms with E-state index in [4.69, 9.17) is 0 Å². The van der Waals surface area contributed by atoms with Crippen LogP contribution in [0, 0.1) is 0 Å². The number of hydrogen-bond acceptors (Lipinski definition) is 4. The first-order chi connectivity index (χ1) is 6.63. The number of ether oxygens (including phenoxy) is 1. The molecule has 0 saturated heterocycles. The van der Waals surface area contributed by atoms with E-state index >= 15 is 0 Å². The zero-order valence-electron chi connectivity index (χ0n) is 7.52. The van der Waals surface area contributed by atoms with Crippen LogP contribution in [0.25, 0.3) is 0 Å². The van der Waals surface area contributed by atoms with Crippen LogP contribution in [0.4, 0.5) is 0 Å². The van der Waals surface area contributed by atoms with Crippen LogP contribution >= 0.6 is 0 Å². The van der Waals surface area contributed by atoms with Gasteiger partial charge in [0.25, 0.3) is 0 Å². The summed E-state index contributed by atoms with van der Waals surface area (Å²) in [6.45, 7) is 0. The Labute approximate surface area is 80.5 Å². The number of ketones is 2. The van der Waals surface area contributed by atoms with Gasteiger partial charge < -0.3 is 4.74 Å². The average Bonchev–Trinajstić information content (AvgIpc) is 2.19. The Hall–Kier alpha value is -1.97. The highest BCUT2D eigenvalue weighted by atomic mass is 16.5. The highest BCUT2D eigenvalue weighted by Gasteiger charge is 2.11. The second kappa shape index (κ2) is 4.32. The predicted octanol–water partition coefficient (Wildman–Crippen LogP) is 0.350. The minimum Gasteiger partial charge on any atom is -0.466 e. The predicted molar refractivity (Wildman–Crippen MR) is 48.4 cm³/mol. The first-order valence-corrected chi connectivity index (χ1v) is 3.87. The molecule has 0 saturated carbocycles. The molecule has 0 aromatic rings. The number of carbonyl (C=O) groups is 3. The van der Waals surface area contributed by atoms with Gasteiger partial charge in [-0.05, 0) is 23.8 Å². The number of rotatable bonds is 2. The van der Waals surface area contributed by atoms with Gasteiger partial charge in [0, 0.05) is 6.08 Å². The van der Waals surface area contributed by atoms with Gasteiger partial charge >= 0.3 is 5.97 Å². The second-order valence-electron chi connectivity index (χ2n) is 2.56. The Morgan fingerprint density at radius 1 is 1.29 bits per heavy atom. The summed E-state index contributed by atoms with van der Waals surface area (Å²) in [6, 6.07) is 0.